The maximum absolute atomic E-state index is 11.0. The van der Waals surface area contributed by atoms with Crippen LogP contribution in [0.3, 0.4) is 0 Å². The second-order valence-corrected chi connectivity index (χ2v) is 6.16. The van der Waals surface area contributed by atoms with Crippen molar-refractivity contribution in [1.29, 1.82) is 0 Å². The highest BCUT2D eigenvalue weighted by Crippen LogP contribution is 2.28. The molecule has 1 amide bonds. The number of hydrogen-bond donors (Lipinski definition) is 2. The van der Waals surface area contributed by atoms with Gasteiger partial charge in [0.25, 0.3) is 0 Å². The molecule has 1 unspecified atom stereocenters. The normalized spacial score (nSPS) is 18.3. The molecule has 1 aliphatic rings. The summed E-state index contributed by atoms with van der Waals surface area (Å²) >= 11 is 1.78. The van der Waals surface area contributed by atoms with Crippen LogP contribution in [0.15, 0.2) is 29.3 Å². The Morgan fingerprint density at radius 2 is 2.16 bits per heavy atom. The van der Waals surface area contributed by atoms with E-state index in [1.807, 2.05) is 24.3 Å². The lowest BCUT2D eigenvalue weighted by molar-refractivity contribution is -0.114. The van der Waals surface area contributed by atoms with Crippen molar-refractivity contribution in [2.45, 2.75) is 26.0 Å². The van der Waals surface area contributed by atoms with Crippen LogP contribution >= 0.6 is 11.8 Å². The van der Waals surface area contributed by atoms with E-state index in [-0.39, 0.29) is 5.91 Å². The molecule has 102 valence electrons. The second kappa shape index (κ2) is 6.10. The molecule has 1 aliphatic heterocycles. The molecule has 0 saturated heterocycles. The maximum Gasteiger partial charge on any atom is 0.221 e. The molecule has 1 heterocycles. The number of carbonyl (C=O) groups excluding carboxylic acids is 1. The molecular weight excluding hydrogens is 258 g/mol. The van der Waals surface area contributed by atoms with Crippen LogP contribution in [0.2, 0.25) is 0 Å². The first-order chi connectivity index (χ1) is 9.04. The van der Waals surface area contributed by atoms with Crippen LogP contribution in [0, 0.1) is 5.92 Å². The molecule has 4 nitrogen and oxygen atoms in total. The summed E-state index contributed by atoms with van der Waals surface area (Å²) in [6.45, 7) is 6.81. The van der Waals surface area contributed by atoms with E-state index >= 15 is 0 Å². The largest absolute Gasteiger partial charge is 0.335 e. The van der Waals surface area contributed by atoms with E-state index in [0.717, 1.165) is 23.1 Å². The second-order valence-electron chi connectivity index (χ2n) is 4.93. The van der Waals surface area contributed by atoms with Crippen molar-refractivity contribution in [1.82, 2.24) is 0 Å². The van der Waals surface area contributed by atoms with Crippen LogP contribution in [0.25, 0.3) is 0 Å². The summed E-state index contributed by atoms with van der Waals surface area (Å²) in [5.41, 5.74) is 1.74. The van der Waals surface area contributed by atoms with Gasteiger partial charge in [0.1, 0.15) is 0 Å². The van der Waals surface area contributed by atoms with Crippen molar-refractivity contribution in [3.05, 3.63) is 24.3 Å². The number of carbonyl (C=O) groups is 1. The van der Waals surface area contributed by atoms with Crippen molar-refractivity contribution in [3.8, 4) is 0 Å². The molecule has 0 radical (unpaired) electrons. The van der Waals surface area contributed by atoms with Crippen molar-refractivity contribution >= 4 is 34.2 Å². The molecule has 1 atom stereocenters. The molecule has 0 bridgehead atoms. The third-order valence-corrected chi connectivity index (χ3v) is 4.31. The van der Waals surface area contributed by atoms with E-state index in [9.17, 15) is 4.79 Å². The Kier molecular flexibility index (Phi) is 4.47. The van der Waals surface area contributed by atoms with Gasteiger partial charge in [-0.05, 0) is 24.1 Å². The lowest BCUT2D eigenvalue weighted by Gasteiger charge is -2.12. The van der Waals surface area contributed by atoms with Gasteiger partial charge in [0.05, 0.1) is 6.54 Å². The Morgan fingerprint density at radius 1 is 1.42 bits per heavy atom. The highest BCUT2D eigenvalue weighted by Gasteiger charge is 2.22. The predicted molar refractivity (Wildman–Crippen MR) is 82.9 cm³/mol. The molecule has 0 fully saturated rings. The maximum atomic E-state index is 11.0. The highest BCUT2D eigenvalue weighted by molar-refractivity contribution is 8.15. The SMILES string of the molecule is CC(=O)Nc1cccc(NC2=NCC(C(C)C)S2)c1. The van der Waals surface area contributed by atoms with Crippen LogP contribution in [-0.2, 0) is 4.79 Å². The number of anilines is 2. The third kappa shape index (κ3) is 3.99. The van der Waals surface area contributed by atoms with Crippen molar-refractivity contribution in [2.24, 2.45) is 10.9 Å². The molecular formula is C14H19N3OS. The number of aliphatic imine (C=N–C) groups is 1. The molecule has 5 heteroatoms. The molecule has 0 spiro atoms. The van der Waals surface area contributed by atoms with Gasteiger partial charge in [-0.2, -0.15) is 0 Å². The van der Waals surface area contributed by atoms with E-state index in [0.29, 0.717) is 11.2 Å². The van der Waals surface area contributed by atoms with Crippen LogP contribution in [-0.4, -0.2) is 22.9 Å². The van der Waals surface area contributed by atoms with Crippen LogP contribution in [0.5, 0.6) is 0 Å². The summed E-state index contributed by atoms with van der Waals surface area (Å²) in [6, 6.07) is 7.66. The topological polar surface area (TPSA) is 53.5 Å². The van der Waals surface area contributed by atoms with Gasteiger partial charge in [-0.1, -0.05) is 31.7 Å². The fraction of sp³-hybridized carbons (Fsp3) is 0.429. The fourth-order valence-corrected chi connectivity index (χ4v) is 2.84. The number of amidine groups is 1. The van der Waals surface area contributed by atoms with E-state index < -0.39 is 0 Å². The van der Waals surface area contributed by atoms with E-state index in [2.05, 4.69) is 29.5 Å². The Morgan fingerprint density at radius 3 is 2.79 bits per heavy atom. The number of thioether (sulfide) groups is 1. The van der Waals surface area contributed by atoms with Crippen LogP contribution in [0.4, 0.5) is 11.4 Å². The van der Waals surface area contributed by atoms with Gasteiger partial charge in [-0.3, -0.25) is 9.79 Å². The molecule has 1 aromatic carbocycles. The minimum atomic E-state index is -0.0652. The zero-order chi connectivity index (χ0) is 13.8. The average Bonchev–Trinajstić information content (AvgIpc) is 2.77. The highest BCUT2D eigenvalue weighted by atomic mass is 32.2. The van der Waals surface area contributed by atoms with Gasteiger partial charge in [0.2, 0.25) is 5.91 Å². The molecule has 0 aromatic heterocycles. The van der Waals surface area contributed by atoms with Crippen molar-refractivity contribution in [3.63, 3.8) is 0 Å². The zero-order valence-corrected chi connectivity index (χ0v) is 12.3. The van der Waals surface area contributed by atoms with E-state index in [1.165, 1.54) is 6.92 Å². The van der Waals surface area contributed by atoms with Crippen LogP contribution < -0.4 is 10.6 Å². The van der Waals surface area contributed by atoms with Crippen molar-refractivity contribution < 1.29 is 4.79 Å². The summed E-state index contributed by atoms with van der Waals surface area (Å²) in [6.07, 6.45) is 0. The average molecular weight is 277 g/mol. The van der Waals surface area contributed by atoms with E-state index in [4.69, 9.17) is 0 Å². The van der Waals surface area contributed by atoms with Gasteiger partial charge in [0.15, 0.2) is 5.17 Å². The molecule has 2 N–H and O–H groups in total. The lowest BCUT2D eigenvalue weighted by Crippen LogP contribution is -2.13. The van der Waals surface area contributed by atoms with Crippen molar-refractivity contribution in [2.75, 3.05) is 17.2 Å². The standard InChI is InChI=1S/C14H19N3OS/c1-9(2)13-8-15-14(19-13)17-12-6-4-5-11(7-12)16-10(3)18/h4-7,9,13H,8H2,1-3H3,(H,15,17)(H,16,18). The number of nitrogens with zero attached hydrogens (tertiary/aromatic N) is 1. The monoisotopic (exact) mass is 277 g/mol. The zero-order valence-electron chi connectivity index (χ0n) is 11.4. The first-order valence-corrected chi connectivity index (χ1v) is 7.28. The number of nitrogens with one attached hydrogen (secondary N) is 2. The number of hydrogen-bond acceptors (Lipinski definition) is 4. The quantitative estimate of drug-likeness (QED) is 0.892. The first-order valence-electron chi connectivity index (χ1n) is 6.40. The minimum absolute atomic E-state index is 0.0652. The number of rotatable bonds is 3. The summed E-state index contributed by atoms with van der Waals surface area (Å²) in [7, 11) is 0. The van der Waals surface area contributed by atoms with Gasteiger partial charge in [-0.25, -0.2) is 0 Å². The first kappa shape index (κ1) is 13.9. The Hall–Kier alpha value is -1.49. The van der Waals surface area contributed by atoms with Crippen LogP contribution in [0.1, 0.15) is 20.8 Å². The summed E-state index contributed by atoms with van der Waals surface area (Å²) < 4.78 is 0. The number of amides is 1. The minimum Gasteiger partial charge on any atom is -0.335 e. The van der Waals surface area contributed by atoms with Gasteiger partial charge < -0.3 is 10.6 Å². The molecule has 0 aliphatic carbocycles. The lowest BCUT2D eigenvalue weighted by atomic mass is 10.1. The van der Waals surface area contributed by atoms with Gasteiger partial charge in [0, 0.05) is 23.5 Å². The number of benzene rings is 1. The molecule has 2 rings (SSSR count). The smallest absolute Gasteiger partial charge is 0.221 e. The third-order valence-electron chi connectivity index (χ3n) is 2.86. The van der Waals surface area contributed by atoms with Gasteiger partial charge >= 0.3 is 0 Å². The fourth-order valence-electron chi connectivity index (χ4n) is 1.81. The molecule has 0 saturated carbocycles. The Balaban J connectivity index is 1.98. The molecule has 1 aromatic rings. The van der Waals surface area contributed by atoms with Gasteiger partial charge in [-0.15, -0.1) is 0 Å². The van der Waals surface area contributed by atoms with E-state index in [1.54, 1.807) is 11.8 Å². The Bertz CT molecular complexity index is 499. The summed E-state index contributed by atoms with van der Waals surface area (Å²) in [5.74, 6) is 0.559. The summed E-state index contributed by atoms with van der Waals surface area (Å²) in [5, 5.41) is 7.59. The molecule has 19 heavy (non-hydrogen) atoms. The predicted octanol–water partition coefficient (Wildman–Crippen LogP) is 3.18. The Labute approximate surface area is 118 Å². The summed E-state index contributed by atoms with van der Waals surface area (Å²) in [4.78, 5) is 15.5.